The third kappa shape index (κ3) is 3.77. The fourth-order valence-corrected chi connectivity index (χ4v) is 2.02. The second-order valence-electron chi connectivity index (χ2n) is 4.41. The molecule has 0 aromatic heterocycles. The summed E-state index contributed by atoms with van der Waals surface area (Å²) in [4.78, 5) is 25.5. The summed E-state index contributed by atoms with van der Waals surface area (Å²) < 4.78 is 0. The minimum absolute atomic E-state index is 0.113. The van der Waals surface area contributed by atoms with Gasteiger partial charge in [0.2, 0.25) is 5.91 Å². The largest absolute Gasteiger partial charge is 0.399 e. The summed E-state index contributed by atoms with van der Waals surface area (Å²) in [7, 11) is 1.66. The zero-order valence-corrected chi connectivity index (χ0v) is 13.0. The third-order valence-electron chi connectivity index (χ3n) is 2.86. The van der Waals surface area contributed by atoms with Gasteiger partial charge >= 0.3 is 0 Å². The van der Waals surface area contributed by atoms with Gasteiger partial charge in [0.05, 0.1) is 15.6 Å². The van der Waals surface area contributed by atoms with Crippen LogP contribution in [-0.4, -0.2) is 36.3 Å². The highest BCUT2D eigenvalue weighted by Gasteiger charge is 2.21. The Morgan fingerprint density at radius 1 is 1.40 bits per heavy atom. The second-order valence-corrected chi connectivity index (χ2v) is 5.20. The Kier molecular flexibility index (Phi) is 5.65. The number of carbonyl (C=O) groups excluding carboxylic acids is 2. The fourth-order valence-electron chi connectivity index (χ4n) is 1.60. The van der Waals surface area contributed by atoms with Gasteiger partial charge in [0, 0.05) is 19.3 Å². The minimum atomic E-state index is -0.663. The normalized spacial score (nSPS) is 11.8. The molecule has 0 saturated carbocycles. The van der Waals surface area contributed by atoms with Crippen LogP contribution in [0.25, 0.3) is 0 Å². The van der Waals surface area contributed by atoms with Gasteiger partial charge in [0.25, 0.3) is 5.91 Å². The summed E-state index contributed by atoms with van der Waals surface area (Å²) >= 11 is 11.8. The van der Waals surface area contributed by atoms with E-state index < -0.39 is 11.9 Å². The number of nitrogens with two attached hydrogens (primary N) is 1. The van der Waals surface area contributed by atoms with E-state index in [9.17, 15) is 9.59 Å². The van der Waals surface area contributed by atoms with Crippen molar-refractivity contribution in [3.8, 4) is 0 Å². The van der Waals surface area contributed by atoms with Crippen LogP contribution in [0, 0.1) is 0 Å². The van der Waals surface area contributed by atoms with E-state index in [0.29, 0.717) is 12.2 Å². The van der Waals surface area contributed by atoms with E-state index in [2.05, 4.69) is 5.32 Å². The van der Waals surface area contributed by atoms with Gasteiger partial charge in [0.1, 0.15) is 6.04 Å². The van der Waals surface area contributed by atoms with Gasteiger partial charge in [-0.15, -0.1) is 0 Å². The number of nitrogens with zero attached hydrogens (tertiary/aromatic N) is 1. The van der Waals surface area contributed by atoms with Crippen LogP contribution in [0.1, 0.15) is 24.2 Å². The van der Waals surface area contributed by atoms with E-state index in [1.807, 2.05) is 6.92 Å². The molecule has 20 heavy (non-hydrogen) atoms. The molecule has 0 radical (unpaired) electrons. The number of hydrogen-bond acceptors (Lipinski definition) is 3. The van der Waals surface area contributed by atoms with Crippen molar-refractivity contribution in [1.82, 2.24) is 10.2 Å². The second kappa shape index (κ2) is 6.81. The molecule has 0 aliphatic carbocycles. The van der Waals surface area contributed by atoms with Crippen molar-refractivity contribution < 1.29 is 9.59 Å². The molecular formula is C13H17Cl2N3O2. The van der Waals surface area contributed by atoms with Crippen LogP contribution in [-0.2, 0) is 4.79 Å². The molecule has 1 rings (SSSR count). The van der Waals surface area contributed by atoms with Crippen molar-refractivity contribution in [2.45, 2.75) is 19.9 Å². The zero-order valence-electron chi connectivity index (χ0n) is 11.5. The van der Waals surface area contributed by atoms with Crippen LogP contribution < -0.4 is 11.1 Å². The Morgan fingerprint density at radius 2 is 2.00 bits per heavy atom. The smallest absolute Gasteiger partial charge is 0.253 e. The first-order valence-electron chi connectivity index (χ1n) is 6.08. The molecule has 3 N–H and O–H groups in total. The first kappa shape index (κ1) is 16.6. The molecule has 0 aliphatic rings. The van der Waals surface area contributed by atoms with E-state index in [4.69, 9.17) is 28.9 Å². The van der Waals surface area contributed by atoms with Crippen molar-refractivity contribution in [3.05, 3.63) is 27.7 Å². The Labute approximate surface area is 128 Å². The van der Waals surface area contributed by atoms with Crippen molar-refractivity contribution in [2.24, 2.45) is 0 Å². The lowest BCUT2D eigenvalue weighted by molar-refractivity contribution is -0.131. The predicted molar refractivity (Wildman–Crippen MR) is 81.1 cm³/mol. The van der Waals surface area contributed by atoms with Crippen molar-refractivity contribution >= 4 is 40.7 Å². The van der Waals surface area contributed by atoms with Crippen LogP contribution in [0.5, 0.6) is 0 Å². The summed E-state index contributed by atoms with van der Waals surface area (Å²) in [6, 6.07) is 2.22. The number of hydrogen-bond donors (Lipinski definition) is 2. The first-order chi connectivity index (χ1) is 9.27. The molecule has 0 bridgehead atoms. The molecule has 0 spiro atoms. The van der Waals surface area contributed by atoms with Gasteiger partial charge in [0.15, 0.2) is 0 Å². The van der Waals surface area contributed by atoms with E-state index in [0.717, 1.165) is 0 Å². The lowest BCUT2D eigenvalue weighted by atomic mass is 10.1. The molecule has 0 heterocycles. The van der Waals surface area contributed by atoms with Crippen molar-refractivity contribution in [2.75, 3.05) is 19.3 Å². The molecular weight excluding hydrogens is 301 g/mol. The maximum Gasteiger partial charge on any atom is 0.253 e. The summed E-state index contributed by atoms with van der Waals surface area (Å²) in [5, 5.41) is 2.89. The SMILES string of the molecule is CCN(C)C(=O)C(C)NC(=O)c1cc(N)cc(Cl)c1Cl. The first-order valence-corrected chi connectivity index (χ1v) is 6.83. The lowest BCUT2D eigenvalue weighted by Gasteiger charge is -2.20. The highest BCUT2D eigenvalue weighted by atomic mass is 35.5. The number of amides is 2. The Bertz CT molecular complexity index is 535. The average Bonchev–Trinajstić information content (AvgIpc) is 2.40. The number of benzene rings is 1. The highest BCUT2D eigenvalue weighted by molar-refractivity contribution is 6.44. The molecule has 1 aromatic rings. The summed E-state index contributed by atoms with van der Waals surface area (Å²) in [5.74, 6) is -0.679. The number of nitrogens with one attached hydrogen (secondary N) is 1. The number of nitrogen functional groups attached to an aromatic ring is 1. The topological polar surface area (TPSA) is 75.4 Å². The molecule has 0 aliphatic heterocycles. The fraction of sp³-hybridized carbons (Fsp3) is 0.385. The Balaban J connectivity index is 2.90. The van der Waals surface area contributed by atoms with Crippen LogP contribution in [0.15, 0.2) is 12.1 Å². The number of likely N-dealkylation sites (N-methyl/N-ethyl adjacent to an activating group) is 1. The lowest BCUT2D eigenvalue weighted by Crippen LogP contribution is -2.45. The van der Waals surface area contributed by atoms with Gasteiger partial charge in [-0.2, -0.15) is 0 Å². The van der Waals surface area contributed by atoms with E-state index in [1.54, 1.807) is 14.0 Å². The predicted octanol–water partition coefficient (Wildman–Crippen LogP) is 2.17. The van der Waals surface area contributed by atoms with E-state index >= 15 is 0 Å². The van der Waals surface area contributed by atoms with Crippen LogP contribution >= 0.6 is 23.2 Å². The molecule has 0 fully saturated rings. The maximum atomic E-state index is 12.1. The quantitative estimate of drug-likeness (QED) is 0.836. The van der Waals surface area contributed by atoms with E-state index in [-0.39, 0.29) is 21.5 Å². The molecule has 2 amide bonds. The van der Waals surface area contributed by atoms with E-state index in [1.165, 1.54) is 17.0 Å². The molecule has 0 saturated heterocycles. The summed E-state index contributed by atoms with van der Waals surface area (Å²) in [6.07, 6.45) is 0. The molecule has 110 valence electrons. The van der Waals surface area contributed by atoms with Crippen molar-refractivity contribution in [1.29, 1.82) is 0 Å². The standard InChI is InChI=1S/C13H17Cl2N3O2/c1-4-18(3)13(20)7(2)17-12(19)9-5-8(16)6-10(14)11(9)15/h5-7H,4,16H2,1-3H3,(H,17,19). The van der Waals surface area contributed by atoms with Gasteiger partial charge in [-0.1, -0.05) is 23.2 Å². The number of halogens is 2. The molecule has 1 unspecified atom stereocenters. The van der Waals surface area contributed by atoms with Crippen LogP contribution in [0.3, 0.4) is 0 Å². The van der Waals surface area contributed by atoms with Gasteiger partial charge in [-0.3, -0.25) is 9.59 Å². The Morgan fingerprint density at radius 3 is 2.55 bits per heavy atom. The molecule has 1 aromatic carbocycles. The average molecular weight is 318 g/mol. The van der Waals surface area contributed by atoms with Gasteiger partial charge in [-0.05, 0) is 26.0 Å². The number of anilines is 1. The summed E-state index contributed by atoms with van der Waals surface area (Å²) in [6.45, 7) is 4.01. The number of rotatable bonds is 4. The van der Waals surface area contributed by atoms with Gasteiger partial charge in [-0.25, -0.2) is 0 Å². The zero-order chi connectivity index (χ0) is 15.4. The van der Waals surface area contributed by atoms with Crippen LogP contribution in [0.2, 0.25) is 10.0 Å². The number of carbonyl (C=O) groups is 2. The highest BCUT2D eigenvalue weighted by Crippen LogP contribution is 2.28. The Hall–Kier alpha value is -1.46. The van der Waals surface area contributed by atoms with Gasteiger partial charge < -0.3 is 16.0 Å². The molecule has 1 atom stereocenters. The maximum absolute atomic E-state index is 12.1. The molecule has 7 heteroatoms. The third-order valence-corrected chi connectivity index (χ3v) is 3.67. The summed E-state index contributed by atoms with van der Waals surface area (Å²) in [5.41, 5.74) is 6.10. The minimum Gasteiger partial charge on any atom is -0.399 e. The van der Waals surface area contributed by atoms with Crippen LogP contribution in [0.4, 0.5) is 5.69 Å². The monoisotopic (exact) mass is 317 g/mol. The van der Waals surface area contributed by atoms with Crippen molar-refractivity contribution in [3.63, 3.8) is 0 Å². The molecule has 5 nitrogen and oxygen atoms in total.